The zero-order valence-corrected chi connectivity index (χ0v) is 17.1. The van der Waals surface area contributed by atoms with Gasteiger partial charge in [0.1, 0.15) is 0 Å². The van der Waals surface area contributed by atoms with Crippen LogP contribution in [-0.4, -0.2) is 28.9 Å². The molecule has 1 N–H and O–H groups in total. The number of nitro groups is 1. The van der Waals surface area contributed by atoms with E-state index in [-0.39, 0.29) is 11.6 Å². The number of carbonyl (C=O) groups is 2. The molecule has 4 rings (SSSR count). The molecule has 0 aliphatic rings. The minimum absolute atomic E-state index is 0.0147. The van der Waals surface area contributed by atoms with E-state index in [1.54, 1.807) is 41.8 Å². The van der Waals surface area contributed by atoms with Crippen molar-refractivity contribution in [3.05, 3.63) is 74.5 Å². The van der Waals surface area contributed by atoms with Crippen LogP contribution in [0.15, 0.2) is 53.9 Å². The van der Waals surface area contributed by atoms with E-state index >= 15 is 0 Å². The van der Waals surface area contributed by atoms with E-state index in [4.69, 9.17) is 0 Å². The van der Waals surface area contributed by atoms with Crippen LogP contribution < -0.4 is 5.32 Å². The first-order valence-electron chi connectivity index (χ1n) is 8.58. The number of hydrogen-bond donors (Lipinski definition) is 1. The minimum Gasteiger partial charge on any atom is -0.465 e. The summed E-state index contributed by atoms with van der Waals surface area (Å²) < 4.78 is 5.35. The van der Waals surface area contributed by atoms with Gasteiger partial charge in [-0.05, 0) is 29.7 Å². The van der Waals surface area contributed by atoms with Gasteiger partial charge in [0.15, 0.2) is 5.13 Å². The van der Waals surface area contributed by atoms with Crippen LogP contribution in [0.5, 0.6) is 0 Å². The van der Waals surface area contributed by atoms with Crippen LogP contribution in [0.4, 0.5) is 10.8 Å². The highest BCUT2D eigenvalue weighted by Gasteiger charge is 2.15. The van der Waals surface area contributed by atoms with Crippen LogP contribution in [-0.2, 0) is 4.74 Å². The predicted molar refractivity (Wildman–Crippen MR) is 115 cm³/mol. The van der Waals surface area contributed by atoms with Gasteiger partial charge in [0.25, 0.3) is 11.6 Å². The molecule has 2 heterocycles. The molecule has 2 aromatic carbocycles. The Morgan fingerprint density at radius 1 is 1.13 bits per heavy atom. The zero-order chi connectivity index (χ0) is 21.3. The Morgan fingerprint density at radius 2 is 1.90 bits per heavy atom. The van der Waals surface area contributed by atoms with Gasteiger partial charge < -0.3 is 4.74 Å². The van der Waals surface area contributed by atoms with E-state index in [0.29, 0.717) is 26.0 Å². The number of ether oxygens (including phenoxy) is 1. The van der Waals surface area contributed by atoms with Gasteiger partial charge in [-0.25, -0.2) is 9.78 Å². The van der Waals surface area contributed by atoms with Crippen LogP contribution in [0.25, 0.3) is 21.3 Å². The maximum absolute atomic E-state index is 12.6. The maximum atomic E-state index is 12.6. The van der Waals surface area contributed by atoms with Crippen LogP contribution in [0.3, 0.4) is 0 Å². The smallest absolute Gasteiger partial charge is 0.337 e. The third-order valence-electron chi connectivity index (χ3n) is 4.26. The molecule has 0 fully saturated rings. The van der Waals surface area contributed by atoms with Crippen molar-refractivity contribution in [1.29, 1.82) is 0 Å². The van der Waals surface area contributed by atoms with Crippen molar-refractivity contribution in [2.24, 2.45) is 0 Å². The van der Waals surface area contributed by atoms with Crippen molar-refractivity contribution in [2.75, 3.05) is 12.4 Å². The topological polar surface area (TPSA) is 111 Å². The standard InChI is InChI=1S/C20H13N3O5S2/c1-28-19(25)12-4-2-11(3-5-12)15-10-29-20(21-15)22-18(24)17-8-13-6-7-14(23(26)27)9-16(13)30-17/h2-10H,1H3,(H,21,22,24). The molecule has 0 radical (unpaired) electrons. The number of nitro benzene ring substituents is 1. The summed E-state index contributed by atoms with van der Waals surface area (Å²) in [5.41, 5.74) is 1.89. The number of non-ortho nitro benzene ring substituents is 1. The lowest BCUT2D eigenvalue weighted by atomic mass is 10.1. The van der Waals surface area contributed by atoms with Gasteiger partial charge >= 0.3 is 5.97 Å². The largest absolute Gasteiger partial charge is 0.465 e. The molecule has 0 atom stereocenters. The van der Waals surface area contributed by atoms with Crippen molar-refractivity contribution < 1.29 is 19.2 Å². The molecule has 0 unspecified atom stereocenters. The van der Waals surface area contributed by atoms with E-state index in [2.05, 4.69) is 15.0 Å². The Bertz CT molecular complexity index is 1280. The number of thiazole rings is 1. The third kappa shape index (κ3) is 3.91. The van der Waals surface area contributed by atoms with Crippen molar-refractivity contribution >= 4 is 55.5 Å². The summed E-state index contributed by atoms with van der Waals surface area (Å²) >= 11 is 2.46. The molecule has 2 aromatic heterocycles. The molecule has 10 heteroatoms. The van der Waals surface area contributed by atoms with Crippen LogP contribution in [0.1, 0.15) is 20.0 Å². The number of nitrogens with one attached hydrogen (secondary N) is 1. The summed E-state index contributed by atoms with van der Waals surface area (Å²) in [6, 6.07) is 13.0. The van der Waals surface area contributed by atoms with Crippen molar-refractivity contribution in [2.45, 2.75) is 0 Å². The fourth-order valence-electron chi connectivity index (χ4n) is 2.76. The lowest BCUT2D eigenvalue weighted by molar-refractivity contribution is -0.384. The zero-order valence-electron chi connectivity index (χ0n) is 15.4. The molecule has 4 aromatic rings. The number of nitrogens with zero attached hydrogens (tertiary/aromatic N) is 2. The minimum atomic E-state index is -0.465. The normalized spacial score (nSPS) is 10.7. The Kier molecular flexibility index (Phi) is 5.25. The summed E-state index contributed by atoms with van der Waals surface area (Å²) in [6.45, 7) is 0. The SMILES string of the molecule is COC(=O)c1ccc(-c2csc(NC(=O)c3cc4ccc([N+](=O)[O-])cc4s3)n2)cc1. The van der Waals surface area contributed by atoms with E-state index in [1.165, 1.54) is 41.9 Å². The molecule has 0 saturated carbocycles. The number of amides is 1. The van der Waals surface area contributed by atoms with Gasteiger partial charge in [0, 0.05) is 27.8 Å². The van der Waals surface area contributed by atoms with Crippen LogP contribution in [0, 0.1) is 10.1 Å². The first-order valence-corrected chi connectivity index (χ1v) is 10.3. The number of rotatable bonds is 5. The lowest BCUT2D eigenvalue weighted by Gasteiger charge is -2.01. The van der Waals surface area contributed by atoms with E-state index in [9.17, 15) is 19.7 Å². The van der Waals surface area contributed by atoms with Crippen molar-refractivity contribution in [3.8, 4) is 11.3 Å². The second-order valence-electron chi connectivity index (χ2n) is 6.15. The Labute approximate surface area is 177 Å². The molecular formula is C20H13N3O5S2. The predicted octanol–water partition coefficient (Wildman–Crippen LogP) is 4.97. The van der Waals surface area contributed by atoms with Gasteiger partial charge in [-0.1, -0.05) is 12.1 Å². The number of carbonyl (C=O) groups excluding carboxylic acids is 2. The average Bonchev–Trinajstić information content (AvgIpc) is 3.39. The monoisotopic (exact) mass is 439 g/mol. The third-order valence-corrected chi connectivity index (χ3v) is 6.12. The number of fused-ring (bicyclic) bond motifs is 1. The summed E-state index contributed by atoms with van der Waals surface area (Å²) in [5.74, 6) is -0.748. The van der Waals surface area contributed by atoms with Gasteiger partial charge in [-0.15, -0.1) is 22.7 Å². The van der Waals surface area contributed by atoms with Crippen molar-refractivity contribution in [1.82, 2.24) is 4.98 Å². The summed E-state index contributed by atoms with van der Waals surface area (Å²) in [6.07, 6.45) is 0. The molecule has 150 valence electrons. The van der Waals surface area contributed by atoms with Crippen LogP contribution >= 0.6 is 22.7 Å². The number of methoxy groups -OCH3 is 1. The second-order valence-corrected chi connectivity index (χ2v) is 8.09. The quantitative estimate of drug-likeness (QED) is 0.267. The van der Waals surface area contributed by atoms with E-state index in [1.807, 2.05) is 0 Å². The molecular weight excluding hydrogens is 426 g/mol. The summed E-state index contributed by atoms with van der Waals surface area (Å²) in [7, 11) is 1.32. The van der Waals surface area contributed by atoms with E-state index < -0.39 is 10.9 Å². The maximum Gasteiger partial charge on any atom is 0.337 e. The molecule has 0 saturated heterocycles. The summed E-state index contributed by atoms with van der Waals surface area (Å²) in [5, 5.41) is 16.7. The fraction of sp³-hybridized carbons (Fsp3) is 0.0500. The molecule has 1 amide bonds. The second kappa shape index (κ2) is 8.01. The highest BCUT2D eigenvalue weighted by molar-refractivity contribution is 7.21. The molecule has 30 heavy (non-hydrogen) atoms. The Hall–Kier alpha value is -3.63. The van der Waals surface area contributed by atoms with E-state index in [0.717, 1.165) is 10.9 Å². The Morgan fingerprint density at radius 3 is 2.60 bits per heavy atom. The average molecular weight is 439 g/mol. The van der Waals surface area contributed by atoms with Gasteiger partial charge in [0.05, 0.1) is 28.2 Å². The highest BCUT2D eigenvalue weighted by Crippen LogP contribution is 2.30. The number of aromatic nitrogens is 1. The fourth-order valence-corrected chi connectivity index (χ4v) is 4.47. The van der Waals surface area contributed by atoms with Crippen molar-refractivity contribution in [3.63, 3.8) is 0 Å². The summed E-state index contributed by atoms with van der Waals surface area (Å²) in [4.78, 5) is 39.4. The van der Waals surface area contributed by atoms with Gasteiger partial charge in [-0.3, -0.25) is 20.2 Å². The van der Waals surface area contributed by atoms with Gasteiger partial charge in [-0.2, -0.15) is 0 Å². The molecule has 0 aliphatic heterocycles. The number of thiophene rings is 1. The number of benzene rings is 2. The first-order chi connectivity index (χ1) is 14.4. The molecule has 0 spiro atoms. The highest BCUT2D eigenvalue weighted by atomic mass is 32.1. The van der Waals surface area contributed by atoms with Gasteiger partial charge in [0.2, 0.25) is 0 Å². The number of hydrogen-bond acceptors (Lipinski definition) is 8. The molecule has 0 aliphatic carbocycles. The molecule has 0 bridgehead atoms. The lowest BCUT2D eigenvalue weighted by Crippen LogP contribution is -2.09. The van der Waals surface area contributed by atoms with Crippen LogP contribution in [0.2, 0.25) is 0 Å². The molecule has 8 nitrogen and oxygen atoms in total. The number of esters is 1. The Balaban J connectivity index is 1.50. The number of anilines is 1. The first kappa shape index (κ1) is 19.7.